The number of halogens is 1. The third kappa shape index (κ3) is 5.59. The number of thioether (sulfide) groups is 1. The van der Waals surface area contributed by atoms with Crippen LogP contribution in [0.15, 0.2) is 78.0 Å². The molecule has 2 amide bonds. The van der Waals surface area contributed by atoms with Crippen LogP contribution >= 0.6 is 11.8 Å². The monoisotopic (exact) mass is 462 g/mol. The fourth-order valence-electron chi connectivity index (χ4n) is 3.41. The van der Waals surface area contributed by atoms with Crippen molar-refractivity contribution in [2.24, 2.45) is 0 Å². The Kier molecular flexibility index (Phi) is 7.04. The second-order valence-corrected chi connectivity index (χ2v) is 8.30. The van der Waals surface area contributed by atoms with E-state index in [0.717, 1.165) is 28.3 Å². The van der Waals surface area contributed by atoms with Crippen molar-refractivity contribution in [3.05, 3.63) is 89.7 Å². The molecule has 1 heterocycles. The van der Waals surface area contributed by atoms with E-state index in [1.165, 1.54) is 36.0 Å². The van der Waals surface area contributed by atoms with E-state index in [4.69, 9.17) is 0 Å². The molecular weight excluding hydrogens is 439 g/mol. The molecule has 1 aromatic heterocycles. The number of nitrogens with zero attached hydrogens (tertiary/aromatic N) is 2. The predicted molar refractivity (Wildman–Crippen MR) is 129 cm³/mol. The number of benzene rings is 3. The lowest BCUT2D eigenvalue weighted by atomic mass is 10.1. The van der Waals surface area contributed by atoms with Gasteiger partial charge in [-0.15, -0.1) is 0 Å². The van der Waals surface area contributed by atoms with Crippen molar-refractivity contribution in [2.45, 2.75) is 25.2 Å². The van der Waals surface area contributed by atoms with Gasteiger partial charge in [-0.1, -0.05) is 36.0 Å². The van der Waals surface area contributed by atoms with Crippen LogP contribution in [0.2, 0.25) is 0 Å². The SMILES string of the molecule is CCn1c(SCC(=O)NCc2cccc(NC(=O)c3ccc(F)cc3)c2)nc2ccccc21. The number of amides is 2. The predicted octanol–water partition coefficient (Wildman–Crippen LogP) is 4.86. The normalized spacial score (nSPS) is 10.8. The number of carbonyl (C=O) groups excluding carboxylic acids is 2. The van der Waals surface area contributed by atoms with Crippen molar-refractivity contribution < 1.29 is 14.0 Å². The summed E-state index contributed by atoms with van der Waals surface area (Å²) in [7, 11) is 0. The van der Waals surface area contributed by atoms with Crippen LogP contribution in [0.4, 0.5) is 10.1 Å². The average molecular weight is 463 g/mol. The minimum Gasteiger partial charge on any atom is -0.351 e. The van der Waals surface area contributed by atoms with Gasteiger partial charge < -0.3 is 15.2 Å². The maximum atomic E-state index is 13.0. The Morgan fingerprint density at radius 1 is 1.03 bits per heavy atom. The van der Waals surface area contributed by atoms with Gasteiger partial charge in [0.1, 0.15) is 5.82 Å². The van der Waals surface area contributed by atoms with E-state index in [1.807, 2.05) is 30.3 Å². The Bertz CT molecular complexity index is 1290. The molecule has 0 saturated carbocycles. The molecule has 2 N–H and O–H groups in total. The van der Waals surface area contributed by atoms with E-state index in [-0.39, 0.29) is 17.6 Å². The zero-order valence-corrected chi connectivity index (χ0v) is 18.9. The van der Waals surface area contributed by atoms with E-state index < -0.39 is 5.82 Å². The van der Waals surface area contributed by atoms with Crippen molar-refractivity contribution >= 4 is 40.3 Å². The fraction of sp³-hybridized carbons (Fsp3) is 0.160. The Morgan fingerprint density at radius 3 is 2.61 bits per heavy atom. The van der Waals surface area contributed by atoms with Crippen molar-refractivity contribution in [1.29, 1.82) is 0 Å². The third-order valence-corrected chi connectivity index (χ3v) is 6.03. The number of aromatic nitrogens is 2. The zero-order valence-electron chi connectivity index (χ0n) is 18.0. The number of carbonyl (C=O) groups is 2. The van der Waals surface area contributed by atoms with Crippen LogP contribution < -0.4 is 10.6 Å². The van der Waals surface area contributed by atoms with Crippen molar-refractivity contribution in [3.63, 3.8) is 0 Å². The summed E-state index contributed by atoms with van der Waals surface area (Å²) in [6.07, 6.45) is 0. The minimum absolute atomic E-state index is 0.101. The van der Waals surface area contributed by atoms with Gasteiger partial charge in [0.25, 0.3) is 5.91 Å². The summed E-state index contributed by atoms with van der Waals surface area (Å²) < 4.78 is 15.1. The molecule has 33 heavy (non-hydrogen) atoms. The number of aryl methyl sites for hydroxylation is 1. The number of hydrogen-bond acceptors (Lipinski definition) is 4. The lowest BCUT2D eigenvalue weighted by Gasteiger charge is -2.09. The topological polar surface area (TPSA) is 76.0 Å². The number of imidazole rings is 1. The van der Waals surface area contributed by atoms with Gasteiger partial charge in [-0.05, 0) is 61.0 Å². The van der Waals surface area contributed by atoms with Gasteiger partial charge in [0.05, 0.1) is 16.8 Å². The van der Waals surface area contributed by atoms with Crippen molar-refractivity contribution in [3.8, 4) is 0 Å². The second kappa shape index (κ2) is 10.3. The Morgan fingerprint density at radius 2 is 1.82 bits per heavy atom. The molecule has 8 heteroatoms. The highest BCUT2D eigenvalue weighted by Crippen LogP contribution is 2.23. The van der Waals surface area contributed by atoms with Gasteiger partial charge >= 0.3 is 0 Å². The van der Waals surface area contributed by atoms with Crippen LogP contribution in [-0.4, -0.2) is 27.1 Å². The maximum Gasteiger partial charge on any atom is 0.255 e. The standard InChI is InChI=1S/C25H23FN4O2S/c1-2-30-22-9-4-3-8-21(22)29-25(30)33-16-23(31)27-15-17-6-5-7-20(14-17)28-24(32)18-10-12-19(26)13-11-18/h3-14H,2,15-16H2,1H3,(H,27,31)(H,28,32). The number of para-hydroxylation sites is 2. The molecule has 0 saturated heterocycles. The van der Waals surface area contributed by atoms with E-state index >= 15 is 0 Å². The number of nitrogens with one attached hydrogen (secondary N) is 2. The largest absolute Gasteiger partial charge is 0.351 e. The van der Waals surface area contributed by atoms with Gasteiger partial charge in [-0.2, -0.15) is 0 Å². The first-order valence-electron chi connectivity index (χ1n) is 10.5. The smallest absolute Gasteiger partial charge is 0.255 e. The van der Waals surface area contributed by atoms with Crippen LogP contribution in [0.3, 0.4) is 0 Å². The quantitative estimate of drug-likeness (QED) is 0.367. The van der Waals surface area contributed by atoms with Crippen molar-refractivity contribution in [2.75, 3.05) is 11.1 Å². The molecule has 0 spiro atoms. The number of hydrogen-bond donors (Lipinski definition) is 2. The third-order valence-electron chi connectivity index (χ3n) is 5.05. The van der Waals surface area contributed by atoms with Gasteiger partial charge in [0, 0.05) is 24.3 Å². The number of rotatable bonds is 8. The molecule has 0 aliphatic heterocycles. The molecular formula is C25H23FN4O2S. The first kappa shape index (κ1) is 22.5. The summed E-state index contributed by atoms with van der Waals surface area (Å²) in [6, 6.07) is 20.5. The highest BCUT2D eigenvalue weighted by molar-refractivity contribution is 7.99. The maximum absolute atomic E-state index is 13.0. The van der Waals surface area contributed by atoms with Crippen LogP contribution in [0.25, 0.3) is 11.0 Å². The van der Waals surface area contributed by atoms with Crippen LogP contribution in [0.5, 0.6) is 0 Å². The fourth-order valence-corrected chi connectivity index (χ4v) is 4.32. The van der Waals surface area contributed by atoms with Gasteiger partial charge in [-0.25, -0.2) is 9.37 Å². The molecule has 0 aliphatic rings. The molecule has 0 unspecified atom stereocenters. The van der Waals surface area contributed by atoms with Gasteiger partial charge in [0.2, 0.25) is 5.91 Å². The van der Waals surface area contributed by atoms with Crippen LogP contribution in [-0.2, 0) is 17.9 Å². The summed E-state index contributed by atoms with van der Waals surface area (Å²) in [5, 5.41) is 6.52. The summed E-state index contributed by atoms with van der Waals surface area (Å²) >= 11 is 1.41. The summed E-state index contributed by atoms with van der Waals surface area (Å²) in [6.45, 7) is 3.17. The Hall–Kier alpha value is -3.65. The van der Waals surface area contributed by atoms with E-state index in [1.54, 1.807) is 18.2 Å². The van der Waals surface area contributed by atoms with Crippen LogP contribution in [0, 0.1) is 5.82 Å². The molecule has 0 atom stereocenters. The Balaban J connectivity index is 1.31. The molecule has 6 nitrogen and oxygen atoms in total. The number of fused-ring (bicyclic) bond motifs is 1. The molecule has 0 fully saturated rings. The van der Waals surface area contributed by atoms with Gasteiger partial charge in [-0.3, -0.25) is 9.59 Å². The summed E-state index contributed by atoms with van der Waals surface area (Å²) in [5.74, 6) is -0.569. The number of anilines is 1. The minimum atomic E-state index is -0.394. The molecule has 4 rings (SSSR count). The zero-order chi connectivity index (χ0) is 23.2. The van der Waals surface area contributed by atoms with Crippen molar-refractivity contribution in [1.82, 2.24) is 14.9 Å². The van der Waals surface area contributed by atoms with E-state index in [9.17, 15) is 14.0 Å². The first-order chi connectivity index (χ1) is 16.0. The lowest BCUT2D eigenvalue weighted by molar-refractivity contribution is -0.118. The molecule has 3 aromatic carbocycles. The highest BCUT2D eigenvalue weighted by Gasteiger charge is 2.12. The first-order valence-corrected chi connectivity index (χ1v) is 11.5. The lowest BCUT2D eigenvalue weighted by Crippen LogP contribution is -2.24. The summed E-state index contributed by atoms with van der Waals surface area (Å²) in [4.78, 5) is 29.4. The van der Waals surface area contributed by atoms with Crippen LogP contribution in [0.1, 0.15) is 22.8 Å². The molecule has 0 aliphatic carbocycles. The molecule has 168 valence electrons. The van der Waals surface area contributed by atoms with Gasteiger partial charge in [0.15, 0.2) is 5.16 Å². The highest BCUT2D eigenvalue weighted by atomic mass is 32.2. The second-order valence-electron chi connectivity index (χ2n) is 7.35. The van der Waals surface area contributed by atoms with E-state index in [2.05, 4.69) is 27.1 Å². The summed E-state index contributed by atoms with van der Waals surface area (Å²) in [5.41, 5.74) is 3.79. The molecule has 0 radical (unpaired) electrons. The van der Waals surface area contributed by atoms with E-state index in [0.29, 0.717) is 17.8 Å². The molecule has 4 aromatic rings. The average Bonchev–Trinajstić information content (AvgIpc) is 3.19. The molecule has 0 bridgehead atoms. The Labute approximate surface area is 195 Å².